The molecule has 0 unspecified atom stereocenters. The summed E-state index contributed by atoms with van der Waals surface area (Å²) in [6, 6.07) is 15.9. The molecule has 0 spiro atoms. The average molecular weight is 493 g/mol. The molecular weight excluding hydrogens is 461 g/mol. The molecule has 1 aliphatic carbocycles. The first kappa shape index (κ1) is 24.2. The molecule has 0 amide bonds. The number of hydrogen-bond acceptors (Lipinski definition) is 3. The molecule has 7 heteroatoms. The lowest BCUT2D eigenvalue weighted by atomic mass is 10.1. The minimum Gasteiger partial charge on any atom is -0.365 e. The number of aromatic nitrogens is 2. The van der Waals surface area contributed by atoms with Crippen LogP contribution in [-0.4, -0.2) is 16.1 Å². The van der Waals surface area contributed by atoms with E-state index in [-0.39, 0.29) is 0 Å². The molecule has 1 heterocycles. The van der Waals surface area contributed by atoms with Crippen LogP contribution in [-0.2, 0) is 19.8 Å². The Balaban J connectivity index is 1.50. The van der Waals surface area contributed by atoms with Gasteiger partial charge in [-0.2, -0.15) is 13.2 Å². The van der Waals surface area contributed by atoms with E-state index in [0.29, 0.717) is 12.5 Å². The number of alkyl halides is 3. The Morgan fingerprint density at radius 1 is 1.00 bits per heavy atom. The van der Waals surface area contributed by atoms with Crippen molar-refractivity contribution >= 4 is 28.4 Å². The van der Waals surface area contributed by atoms with Crippen molar-refractivity contribution in [1.82, 2.24) is 9.55 Å². The van der Waals surface area contributed by atoms with Crippen LogP contribution in [0.15, 0.2) is 54.6 Å². The molecule has 0 atom stereocenters. The highest BCUT2D eigenvalue weighted by Gasteiger charge is 2.30. The summed E-state index contributed by atoms with van der Waals surface area (Å²) in [6.07, 6.45) is -1.96. The van der Waals surface area contributed by atoms with Crippen LogP contribution in [0.5, 0.6) is 0 Å². The summed E-state index contributed by atoms with van der Waals surface area (Å²) >= 11 is 0. The predicted octanol–water partition coefficient (Wildman–Crippen LogP) is 7.68. The second kappa shape index (κ2) is 9.19. The Morgan fingerprint density at radius 3 is 2.28 bits per heavy atom. The molecule has 1 N–H and O–H groups in total. The first-order valence-corrected chi connectivity index (χ1v) is 12.3. The second-order valence-electron chi connectivity index (χ2n) is 10.1. The van der Waals surface area contributed by atoms with Gasteiger partial charge in [0.25, 0.3) is 0 Å². The molecule has 1 fully saturated rings. The molecule has 188 valence electrons. The van der Waals surface area contributed by atoms with Gasteiger partial charge in [0.15, 0.2) is 0 Å². The number of imidazole rings is 1. The first-order valence-electron chi connectivity index (χ1n) is 12.3. The Kier molecular flexibility index (Phi) is 6.18. The van der Waals surface area contributed by atoms with Crippen LogP contribution in [0.3, 0.4) is 0 Å². The normalized spacial score (nSPS) is 13.9. The van der Waals surface area contributed by atoms with Gasteiger partial charge in [0.05, 0.1) is 22.3 Å². The van der Waals surface area contributed by atoms with Crippen molar-refractivity contribution in [2.75, 3.05) is 16.8 Å². The van der Waals surface area contributed by atoms with Crippen molar-refractivity contribution in [1.29, 1.82) is 0 Å². The molecule has 1 aliphatic rings. The zero-order valence-corrected chi connectivity index (χ0v) is 21.1. The highest BCUT2D eigenvalue weighted by atomic mass is 19.4. The Morgan fingerprint density at radius 2 is 1.67 bits per heavy atom. The number of fused-ring (bicyclic) bond motifs is 1. The molecule has 1 saturated carbocycles. The van der Waals surface area contributed by atoms with Crippen molar-refractivity contribution < 1.29 is 13.2 Å². The lowest BCUT2D eigenvalue weighted by Gasteiger charge is -2.26. The Bertz CT molecular complexity index is 1380. The van der Waals surface area contributed by atoms with E-state index in [9.17, 15) is 13.2 Å². The molecule has 0 bridgehead atoms. The van der Waals surface area contributed by atoms with E-state index in [1.165, 1.54) is 30.5 Å². The second-order valence-corrected chi connectivity index (χ2v) is 10.1. The average Bonchev–Trinajstić information content (AvgIpc) is 3.57. The number of benzene rings is 3. The van der Waals surface area contributed by atoms with Gasteiger partial charge < -0.3 is 14.8 Å². The van der Waals surface area contributed by atoms with Crippen LogP contribution in [0.4, 0.5) is 30.5 Å². The van der Waals surface area contributed by atoms with Crippen molar-refractivity contribution in [3.8, 4) is 0 Å². The van der Waals surface area contributed by atoms with Crippen LogP contribution >= 0.6 is 0 Å². The van der Waals surface area contributed by atoms with Gasteiger partial charge >= 0.3 is 6.18 Å². The fraction of sp³-hybridized carbons (Fsp3) is 0.345. The zero-order valence-electron chi connectivity index (χ0n) is 21.1. The number of nitrogens with one attached hydrogen (secondary N) is 1. The lowest BCUT2D eigenvalue weighted by Crippen LogP contribution is -2.25. The molecule has 0 radical (unpaired) electrons. The summed E-state index contributed by atoms with van der Waals surface area (Å²) in [7, 11) is 2.01. The molecule has 0 aliphatic heterocycles. The molecule has 0 saturated heterocycles. The van der Waals surface area contributed by atoms with Crippen LogP contribution in [0.1, 0.15) is 40.7 Å². The molecular formula is C29H31F3N4. The summed E-state index contributed by atoms with van der Waals surface area (Å²) in [5.41, 5.74) is 7.78. The summed E-state index contributed by atoms with van der Waals surface area (Å²) in [6.45, 7) is 7.69. The van der Waals surface area contributed by atoms with E-state index < -0.39 is 11.7 Å². The maximum absolute atomic E-state index is 13.0. The van der Waals surface area contributed by atoms with E-state index in [0.717, 1.165) is 51.6 Å². The number of hydrogen-bond donors (Lipinski definition) is 1. The number of anilines is 3. The maximum Gasteiger partial charge on any atom is 0.416 e. The fourth-order valence-electron chi connectivity index (χ4n) is 4.98. The third-order valence-electron chi connectivity index (χ3n) is 6.96. The summed E-state index contributed by atoms with van der Waals surface area (Å²) in [4.78, 5) is 7.18. The van der Waals surface area contributed by atoms with Crippen LogP contribution < -0.4 is 10.2 Å². The van der Waals surface area contributed by atoms with Crippen molar-refractivity contribution in [2.45, 2.75) is 46.3 Å². The van der Waals surface area contributed by atoms with Crippen molar-refractivity contribution in [3.63, 3.8) is 0 Å². The van der Waals surface area contributed by atoms with Gasteiger partial charge in [-0.15, -0.1) is 0 Å². The van der Waals surface area contributed by atoms with Gasteiger partial charge in [-0.1, -0.05) is 35.9 Å². The molecule has 4 nitrogen and oxygen atoms in total. The van der Waals surface area contributed by atoms with Crippen molar-refractivity contribution in [2.24, 2.45) is 13.0 Å². The van der Waals surface area contributed by atoms with Gasteiger partial charge in [-0.05, 0) is 80.5 Å². The summed E-state index contributed by atoms with van der Waals surface area (Å²) in [5.74, 6) is 1.37. The standard InChI is InChI=1S/C29H31F3N4/c1-18-14-19(2)26(20(3)15-18)34-28-33-24-6-5-7-25(27(24)35(28)4)36(16-21-8-9-21)17-22-10-12-23(13-11-22)29(30,31)32/h5-7,10-15,21H,8-9,16-17H2,1-4H3,(H,33,34). The Hall–Kier alpha value is -3.48. The minimum absolute atomic E-state index is 0.540. The molecule has 1 aromatic heterocycles. The van der Waals surface area contributed by atoms with Gasteiger partial charge in [0.2, 0.25) is 5.95 Å². The molecule has 5 rings (SSSR count). The summed E-state index contributed by atoms with van der Waals surface area (Å²) in [5, 5.41) is 3.54. The van der Waals surface area contributed by atoms with Gasteiger partial charge in [0, 0.05) is 25.8 Å². The lowest BCUT2D eigenvalue weighted by molar-refractivity contribution is -0.137. The number of aryl methyl sites for hydroxylation is 4. The predicted molar refractivity (Wildman–Crippen MR) is 140 cm³/mol. The van der Waals surface area contributed by atoms with E-state index in [2.05, 4.69) is 53.8 Å². The number of nitrogens with zero attached hydrogens (tertiary/aromatic N) is 3. The third kappa shape index (κ3) is 4.92. The van der Waals surface area contributed by atoms with Crippen LogP contribution in [0, 0.1) is 26.7 Å². The minimum atomic E-state index is -4.33. The quantitative estimate of drug-likeness (QED) is 0.287. The van der Waals surface area contributed by atoms with Gasteiger partial charge in [-0.25, -0.2) is 4.98 Å². The maximum atomic E-state index is 13.0. The molecule has 3 aromatic carbocycles. The van der Waals surface area contributed by atoms with E-state index in [1.807, 2.05) is 19.2 Å². The number of rotatable bonds is 7. The smallest absolute Gasteiger partial charge is 0.365 e. The van der Waals surface area contributed by atoms with E-state index in [4.69, 9.17) is 4.98 Å². The van der Waals surface area contributed by atoms with E-state index >= 15 is 0 Å². The highest BCUT2D eigenvalue weighted by Crippen LogP contribution is 2.37. The van der Waals surface area contributed by atoms with Crippen LogP contribution in [0.2, 0.25) is 0 Å². The third-order valence-corrected chi connectivity index (χ3v) is 6.96. The number of para-hydroxylation sites is 1. The fourth-order valence-corrected chi connectivity index (χ4v) is 4.98. The molecule has 4 aromatic rings. The number of halogens is 3. The topological polar surface area (TPSA) is 33.1 Å². The SMILES string of the molecule is Cc1cc(C)c(Nc2nc3cccc(N(Cc4ccc(C(F)(F)F)cc4)CC4CC4)c3n2C)c(C)c1. The summed E-state index contributed by atoms with van der Waals surface area (Å²) < 4.78 is 41.2. The Labute approximate surface area is 209 Å². The first-order chi connectivity index (χ1) is 17.1. The zero-order chi connectivity index (χ0) is 25.6. The van der Waals surface area contributed by atoms with E-state index in [1.54, 1.807) is 12.1 Å². The highest BCUT2D eigenvalue weighted by molar-refractivity contribution is 5.91. The molecule has 36 heavy (non-hydrogen) atoms. The van der Waals surface area contributed by atoms with Crippen LogP contribution in [0.25, 0.3) is 11.0 Å². The van der Waals surface area contributed by atoms with Gasteiger partial charge in [-0.3, -0.25) is 0 Å². The monoisotopic (exact) mass is 492 g/mol. The van der Waals surface area contributed by atoms with Gasteiger partial charge in [0.1, 0.15) is 0 Å². The largest absolute Gasteiger partial charge is 0.416 e. The van der Waals surface area contributed by atoms with Crippen molar-refractivity contribution in [3.05, 3.63) is 82.4 Å².